The molecule has 1 amide bonds. The zero-order chi connectivity index (χ0) is 15.4. The van der Waals surface area contributed by atoms with Crippen LogP contribution >= 0.6 is 0 Å². The Morgan fingerprint density at radius 1 is 1.33 bits per heavy atom. The lowest BCUT2D eigenvalue weighted by Gasteiger charge is -2.20. The maximum Gasteiger partial charge on any atom is 0.307 e. The first kappa shape index (κ1) is 15.5. The van der Waals surface area contributed by atoms with Crippen LogP contribution in [0.25, 0.3) is 0 Å². The fourth-order valence-corrected chi connectivity index (χ4v) is 3.09. The summed E-state index contributed by atoms with van der Waals surface area (Å²) in [6, 6.07) is 3.56. The molecule has 5 nitrogen and oxygen atoms in total. The smallest absolute Gasteiger partial charge is 0.307 e. The Hall–Kier alpha value is -1.91. The lowest BCUT2D eigenvalue weighted by molar-refractivity contribution is -0.146. The molecule has 1 aromatic rings. The van der Waals surface area contributed by atoms with Gasteiger partial charge in [-0.3, -0.25) is 14.6 Å². The van der Waals surface area contributed by atoms with E-state index in [0.717, 1.165) is 12.0 Å². The first-order chi connectivity index (χ1) is 10.0. The van der Waals surface area contributed by atoms with E-state index in [0.29, 0.717) is 18.8 Å². The minimum atomic E-state index is -0.859. The summed E-state index contributed by atoms with van der Waals surface area (Å²) in [5, 5.41) is 12.2. The van der Waals surface area contributed by atoms with E-state index in [1.165, 1.54) is 0 Å². The lowest BCUT2D eigenvalue weighted by Crippen LogP contribution is -2.36. The van der Waals surface area contributed by atoms with Gasteiger partial charge < -0.3 is 10.4 Å². The van der Waals surface area contributed by atoms with E-state index in [1.54, 1.807) is 12.4 Å². The summed E-state index contributed by atoms with van der Waals surface area (Å²) in [7, 11) is 0. The number of carbonyl (C=O) groups is 2. The van der Waals surface area contributed by atoms with Crippen molar-refractivity contribution in [3.05, 3.63) is 30.1 Å². The highest BCUT2D eigenvalue weighted by molar-refractivity contribution is 5.85. The molecular weight excluding hydrogens is 268 g/mol. The summed E-state index contributed by atoms with van der Waals surface area (Å²) in [6.07, 6.45) is 5.56. The predicted molar refractivity (Wildman–Crippen MR) is 78.4 cm³/mol. The maximum atomic E-state index is 12.4. The van der Waals surface area contributed by atoms with Crippen molar-refractivity contribution in [2.75, 3.05) is 0 Å². The first-order valence-electron chi connectivity index (χ1n) is 7.46. The minimum Gasteiger partial charge on any atom is -0.481 e. The van der Waals surface area contributed by atoms with Crippen molar-refractivity contribution in [3.8, 4) is 0 Å². The molecule has 114 valence electrons. The van der Waals surface area contributed by atoms with E-state index in [1.807, 2.05) is 26.0 Å². The first-order valence-corrected chi connectivity index (χ1v) is 7.46. The van der Waals surface area contributed by atoms with Gasteiger partial charge in [-0.05, 0) is 43.4 Å². The number of rotatable bonds is 5. The number of carboxylic acids is 1. The number of aromatic nitrogens is 1. The number of carbonyl (C=O) groups excluding carboxylic acids is 1. The van der Waals surface area contributed by atoms with Crippen LogP contribution in [0.4, 0.5) is 0 Å². The Morgan fingerprint density at radius 3 is 2.52 bits per heavy atom. The standard InChI is InChI=1S/C16H22N2O3/c1-3-11-8-13(14(9-11)16(20)21)15(19)18-10(2)12-4-6-17-7-5-12/h4-7,10-11,13-14H,3,8-9H2,1-2H3,(H,18,19)(H,20,21)/t10?,11?,13-,14+/m0/s1. The molecule has 1 aromatic heterocycles. The molecule has 0 aromatic carbocycles. The minimum absolute atomic E-state index is 0.143. The van der Waals surface area contributed by atoms with Gasteiger partial charge in [0, 0.05) is 12.4 Å². The van der Waals surface area contributed by atoms with E-state index < -0.39 is 17.8 Å². The Kier molecular flexibility index (Phi) is 4.94. The second kappa shape index (κ2) is 6.70. The molecule has 0 saturated heterocycles. The van der Waals surface area contributed by atoms with Gasteiger partial charge in [-0.25, -0.2) is 0 Å². The molecule has 2 N–H and O–H groups in total. The van der Waals surface area contributed by atoms with Gasteiger partial charge in [-0.1, -0.05) is 13.3 Å². The van der Waals surface area contributed by atoms with Gasteiger partial charge in [0.15, 0.2) is 0 Å². The van der Waals surface area contributed by atoms with Gasteiger partial charge in [-0.2, -0.15) is 0 Å². The topological polar surface area (TPSA) is 79.3 Å². The average molecular weight is 290 g/mol. The third-order valence-corrected chi connectivity index (χ3v) is 4.46. The zero-order valence-corrected chi connectivity index (χ0v) is 12.5. The molecule has 5 heteroatoms. The number of hydrogen-bond donors (Lipinski definition) is 2. The number of carboxylic acid groups (broad SMARTS) is 1. The molecule has 0 bridgehead atoms. The molecule has 21 heavy (non-hydrogen) atoms. The van der Waals surface area contributed by atoms with Crippen LogP contribution in [-0.2, 0) is 9.59 Å². The Morgan fingerprint density at radius 2 is 1.95 bits per heavy atom. The van der Waals surface area contributed by atoms with Gasteiger partial charge in [0.25, 0.3) is 0 Å². The fourth-order valence-electron chi connectivity index (χ4n) is 3.09. The van der Waals surface area contributed by atoms with Gasteiger partial charge in [-0.15, -0.1) is 0 Å². The SMILES string of the molecule is CCC1C[C@H](C(=O)NC(C)c2ccncc2)[C@H](C(=O)O)C1. The van der Waals surface area contributed by atoms with E-state index in [2.05, 4.69) is 10.3 Å². The van der Waals surface area contributed by atoms with E-state index in [-0.39, 0.29) is 11.9 Å². The number of nitrogens with zero attached hydrogens (tertiary/aromatic N) is 1. The van der Waals surface area contributed by atoms with E-state index in [4.69, 9.17) is 0 Å². The van der Waals surface area contributed by atoms with Crippen LogP contribution in [0.1, 0.15) is 44.7 Å². The monoisotopic (exact) mass is 290 g/mol. The van der Waals surface area contributed by atoms with Crippen LogP contribution in [-0.4, -0.2) is 22.0 Å². The van der Waals surface area contributed by atoms with Gasteiger partial charge in [0.05, 0.1) is 17.9 Å². The average Bonchev–Trinajstić information content (AvgIpc) is 2.92. The van der Waals surface area contributed by atoms with Crippen LogP contribution in [0, 0.1) is 17.8 Å². The summed E-state index contributed by atoms with van der Waals surface area (Å²) in [5.41, 5.74) is 0.968. The molecule has 0 aliphatic heterocycles. The molecular formula is C16H22N2O3. The Balaban J connectivity index is 2.03. The van der Waals surface area contributed by atoms with Crippen LogP contribution in [0.3, 0.4) is 0 Å². The van der Waals surface area contributed by atoms with Crippen molar-refractivity contribution in [2.24, 2.45) is 17.8 Å². The largest absolute Gasteiger partial charge is 0.481 e. The summed E-state index contributed by atoms with van der Waals surface area (Å²) >= 11 is 0. The third kappa shape index (κ3) is 3.60. The van der Waals surface area contributed by atoms with Crippen LogP contribution in [0.15, 0.2) is 24.5 Å². The molecule has 1 heterocycles. The fraction of sp³-hybridized carbons (Fsp3) is 0.562. The van der Waals surface area contributed by atoms with Crippen molar-refractivity contribution in [2.45, 2.75) is 39.2 Å². The molecule has 1 aliphatic carbocycles. The molecule has 2 rings (SSSR count). The van der Waals surface area contributed by atoms with Crippen molar-refractivity contribution in [3.63, 3.8) is 0 Å². The van der Waals surface area contributed by atoms with Crippen LogP contribution in [0.5, 0.6) is 0 Å². The Labute approximate surface area is 124 Å². The molecule has 0 radical (unpaired) electrons. The normalized spacial score (nSPS) is 26.3. The highest BCUT2D eigenvalue weighted by Crippen LogP contribution is 2.38. The predicted octanol–water partition coefficient (Wildman–Crippen LogP) is 2.40. The zero-order valence-electron chi connectivity index (χ0n) is 12.5. The summed E-state index contributed by atoms with van der Waals surface area (Å²) < 4.78 is 0. The summed E-state index contributed by atoms with van der Waals surface area (Å²) in [5.74, 6) is -1.65. The second-order valence-corrected chi connectivity index (χ2v) is 5.81. The molecule has 0 spiro atoms. The van der Waals surface area contributed by atoms with E-state index in [9.17, 15) is 14.7 Å². The van der Waals surface area contributed by atoms with Gasteiger partial charge in [0.2, 0.25) is 5.91 Å². The summed E-state index contributed by atoms with van der Waals surface area (Å²) in [6.45, 7) is 3.94. The molecule has 2 unspecified atom stereocenters. The quantitative estimate of drug-likeness (QED) is 0.872. The third-order valence-electron chi connectivity index (χ3n) is 4.46. The molecule has 1 saturated carbocycles. The van der Waals surface area contributed by atoms with Gasteiger partial charge in [0.1, 0.15) is 0 Å². The number of pyridine rings is 1. The van der Waals surface area contributed by atoms with Crippen molar-refractivity contribution < 1.29 is 14.7 Å². The number of nitrogens with one attached hydrogen (secondary N) is 1. The highest BCUT2D eigenvalue weighted by Gasteiger charge is 2.42. The lowest BCUT2D eigenvalue weighted by atomic mass is 9.95. The maximum absolute atomic E-state index is 12.4. The Bertz CT molecular complexity index is 504. The van der Waals surface area contributed by atoms with Gasteiger partial charge >= 0.3 is 5.97 Å². The van der Waals surface area contributed by atoms with E-state index >= 15 is 0 Å². The van der Waals surface area contributed by atoms with Crippen LogP contribution in [0.2, 0.25) is 0 Å². The highest BCUT2D eigenvalue weighted by atomic mass is 16.4. The number of hydrogen-bond acceptors (Lipinski definition) is 3. The molecule has 1 aliphatic rings. The van der Waals surface area contributed by atoms with Crippen molar-refractivity contribution >= 4 is 11.9 Å². The summed E-state index contributed by atoms with van der Waals surface area (Å²) in [4.78, 5) is 27.7. The molecule has 1 fully saturated rings. The molecule has 4 atom stereocenters. The number of amides is 1. The number of aliphatic carboxylic acids is 1. The van der Waals surface area contributed by atoms with Crippen LogP contribution < -0.4 is 5.32 Å². The van der Waals surface area contributed by atoms with Crippen molar-refractivity contribution in [1.82, 2.24) is 10.3 Å². The second-order valence-electron chi connectivity index (χ2n) is 5.81. The van der Waals surface area contributed by atoms with Crippen molar-refractivity contribution in [1.29, 1.82) is 0 Å².